The van der Waals surface area contributed by atoms with Crippen LogP contribution in [-0.4, -0.2) is 49.1 Å². The third-order valence-corrected chi connectivity index (χ3v) is 7.19. The van der Waals surface area contributed by atoms with Crippen molar-refractivity contribution >= 4 is 15.9 Å². The minimum Gasteiger partial charge on any atom is -0.451 e. The van der Waals surface area contributed by atoms with Crippen LogP contribution in [0.15, 0.2) is 29.2 Å². The van der Waals surface area contributed by atoms with E-state index in [1.807, 2.05) is 6.92 Å². The summed E-state index contributed by atoms with van der Waals surface area (Å²) in [6.45, 7) is 3.73. The Bertz CT molecular complexity index is 1050. The molecule has 0 unspecified atom stereocenters. The Balaban J connectivity index is 1.97. The van der Waals surface area contributed by atoms with E-state index in [0.717, 1.165) is 35.4 Å². The van der Waals surface area contributed by atoms with Crippen LogP contribution in [0.2, 0.25) is 0 Å². The summed E-state index contributed by atoms with van der Waals surface area (Å²) in [6, 6.07) is 1.66. The monoisotopic (exact) mass is 471 g/mol. The van der Waals surface area contributed by atoms with Crippen LogP contribution in [-0.2, 0) is 26.8 Å². The second-order valence-corrected chi connectivity index (χ2v) is 9.95. The van der Waals surface area contributed by atoms with Crippen molar-refractivity contribution < 1.29 is 31.1 Å². The van der Waals surface area contributed by atoms with Gasteiger partial charge in [0.1, 0.15) is 17.9 Å². The number of rotatable bonds is 8. The zero-order valence-electron chi connectivity index (χ0n) is 18.2. The molecule has 1 aliphatic heterocycles. The highest BCUT2D eigenvalue weighted by Crippen LogP contribution is 2.35. The second-order valence-electron chi connectivity index (χ2n) is 8.01. The molecule has 1 fully saturated rings. The first-order valence-electron chi connectivity index (χ1n) is 10.3. The molecule has 1 aliphatic rings. The number of amides is 1. The largest absolute Gasteiger partial charge is 0.451 e. The minimum absolute atomic E-state index is 0.0192. The highest BCUT2D eigenvalue weighted by Gasteiger charge is 2.39. The molecule has 1 saturated heterocycles. The maximum absolute atomic E-state index is 15.3. The molecule has 3 rings (SSSR count). The maximum Gasteiger partial charge on any atom is 0.273 e. The van der Waals surface area contributed by atoms with Crippen molar-refractivity contribution in [2.75, 3.05) is 19.5 Å². The van der Waals surface area contributed by atoms with Gasteiger partial charge >= 0.3 is 0 Å². The van der Waals surface area contributed by atoms with Crippen molar-refractivity contribution in [1.29, 1.82) is 0 Å². The number of hydrogen-bond donors (Lipinski definition) is 1. The van der Waals surface area contributed by atoms with Crippen LogP contribution >= 0.6 is 0 Å². The molecule has 1 amide bonds. The number of sulfonamides is 1. The molecule has 0 saturated carbocycles. The number of carbonyl (C=O) groups excluding carboxylic acids is 1. The molecule has 11 heteroatoms. The third kappa shape index (κ3) is 5.16. The Kier molecular flexibility index (Phi) is 7.31. The molecule has 0 bridgehead atoms. The normalized spacial score (nSPS) is 17.3. The van der Waals surface area contributed by atoms with Crippen molar-refractivity contribution in [3.05, 3.63) is 53.2 Å². The summed E-state index contributed by atoms with van der Waals surface area (Å²) in [6.07, 6.45) is 4.29. The lowest BCUT2D eigenvalue weighted by molar-refractivity contribution is 0.0330. The fourth-order valence-electron chi connectivity index (χ4n) is 3.83. The van der Waals surface area contributed by atoms with Crippen molar-refractivity contribution in [3.8, 4) is 0 Å². The van der Waals surface area contributed by atoms with Gasteiger partial charge in [-0.1, -0.05) is 6.92 Å². The molecular weight excluding hydrogens is 444 g/mol. The Morgan fingerprint density at radius 3 is 2.53 bits per heavy atom. The van der Waals surface area contributed by atoms with Crippen molar-refractivity contribution in [3.63, 3.8) is 0 Å². The lowest BCUT2D eigenvalue weighted by atomic mass is 9.81. The van der Waals surface area contributed by atoms with Gasteiger partial charge in [0.15, 0.2) is 12.1 Å². The predicted octanol–water partition coefficient (Wildman–Crippen LogP) is 2.95. The van der Waals surface area contributed by atoms with E-state index in [0.29, 0.717) is 6.42 Å². The van der Waals surface area contributed by atoms with E-state index in [1.165, 1.54) is 0 Å². The minimum atomic E-state index is -3.63. The Morgan fingerprint density at radius 1 is 1.28 bits per heavy atom. The van der Waals surface area contributed by atoms with Crippen molar-refractivity contribution in [2.45, 2.75) is 51.2 Å². The number of aromatic nitrogens is 1. The van der Waals surface area contributed by atoms with Gasteiger partial charge in [-0.25, -0.2) is 22.2 Å². The van der Waals surface area contributed by atoms with E-state index in [2.05, 4.69) is 10.3 Å². The summed E-state index contributed by atoms with van der Waals surface area (Å²) < 4.78 is 66.1. The van der Waals surface area contributed by atoms with Crippen molar-refractivity contribution in [1.82, 2.24) is 14.6 Å². The highest BCUT2D eigenvalue weighted by molar-refractivity contribution is 7.88. The van der Waals surface area contributed by atoms with Crippen LogP contribution < -0.4 is 5.32 Å². The van der Waals surface area contributed by atoms with E-state index < -0.39 is 33.1 Å². The summed E-state index contributed by atoms with van der Waals surface area (Å²) in [4.78, 5) is 16.4. The van der Waals surface area contributed by atoms with Crippen LogP contribution in [0.3, 0.4) is 0 Å². The summed E-state index contributed by atoms with van der Waals surface area (Å²) in [5.41, 5.74) is -1.29. The number of carbonyl (C=O) groups is 1. The number of oxazole rings is 1. The molecule has 1 aromatic heterocycles. The summed E-state index contributed by atoms with van der Waals surface area (Å²) in [5, 5.41) is 2.78. The molecule has 32 heavy (non-hydrogen) atoms. The molecule has 0 spiro atoms. The fourth-order valence-corrected chi connectivity index (χ4v) is 5.01. The number of nitrogens with zero attached hydrogens (tertiary/aromatic N) is 2. The van der Waals surface area contributed by atoms with Crippen LogP contribution in [0.1, 0.15) is 54.7 Å². The molecule has 0 aliphatic carbocycles. The number of halogens is 2. The van der Waals surface area contributed by atoms with Crippen LogP contribution in [0, 0.1) is 11.6 Å². The topological polar surface area (TPSA) is 102 Å². The third-order valence-electron chi connectivity index (χ3n) is 5.85. The SMILES string of the molecule is CC[C@H](C)N(Cc1cc(F)c(C2(NC(=O)c3cocn3)CCOCC2)cc1F)S(C)(=O)=O. The van der Waals surface area contributed by atoms with Crippen molar-refractivity contribution in [2.24, 2.45) is 0 Å². The van der Waals surface area contributed by atoms with Gasteiger partial charge in [-0.05, 0) is 38.3 Å². The fraction of sp³-hybridized carbons (Fsp3) is 0.524. The first kappa shape index (κ1) is 24.3. The van der Waals surface area contributed by atoms with E-state index in [9.17, 15) is 13.2 Å². The average Bonchev–Trinajstić information content (AvgIpc) is 3.28. The molecule has 2 aromatic rings. The van der Waals surface area contributed by atoms with E-state index in [1.54, 1.807) is 6.92 Å². The highest BCUT2D eigenvalue weighted by atomic mass is 32.2. The predicted molar refractivity (Wildman–Crippen MR) is 112 cm³/mol. The molecule has 0 radical (unpaired) electrons. The molecule has 1 N–H and O–H groups in total. The van der Waals surface area contributed by atoms with E-state index in [4.69, 9.17) is 9.15 Å². The second kappa shape index (κ2) is 9.63. The van der Waals surface area contributed by atoms with Gasteiger partial charge in [0.25, 0.3) is 5.91 Å². The van der Waals surface area contributed by atoms with Crippen LogP contribution in [0.5, 0.6) is 0 Å². The van der Waals surface area contributed by atoms with Crippen LogP contribution in [0.25, 0.3) is 0 Å². The van der Waals surface area contributed by atoms with Gasteiger partial charge in [0, 0.05) is 36.9 Å². The van der Waals surface area contributed by atoms with Gasteiger partial charge < -0.3 is 14.5 Å². The number of ether oxygens (including phenoxy) is 1. The van der Waals surface area contributed by atoms with Gasteiger partial charge in [-0.3, -0.25) is 4.79 Å². The Labute approximate surface area is 186 Å². The van der Waals surface area contributed by atoms with Gasteiger partial charge in [-0.15, -0.1) is 0 Å². The van der Waals surface area contributed by atoms with Gasteiger partial charge in [0.2, 0.25) is 10.0 Å². The van der Waals surface area contributed by atoms with Gasteiger partial charge in [0.05, 0.1) is 11.8 Å². The standard InChI is InChI=1S/C21H27F2N3O5S/c1-4-14(2)26(32(3,28)29)11-15-9-18(23)16(10-17(15)22)21(5-7-30-8-6-21)25-20(27)19-12-31-13-24-19/h9-10,12-14H,4-8,11H2,1-3H3,(H,25,27)/t14-/m0/s1. The first-order valence-corrected chi connectivity index (χ1v) is 12.2. The quantitative estimate of drug-likeness (QED) is 0.635. The van der Waals surface area contributed by atoms with E-state index >= 15 is 8.78 Å². The molecule has 1 aromatic carbocycles. The number of benzene rings is 1. The summed E-state index contributed by atoms with van der Waals surface area (Å²) >= 11 is 0. The summed E-state index contributed by atoms with van der Waals surface area (Å²) in [7, 11) is -3.63. The molecule has 8 nitrogen and oxygen atoms in total. The number of hydrogen-bond acceptors (Lipinski definition) is 6. The smallest absolute Gasteiger partial charge is 0.273 e. The maximum atomic E-state index is 15.3. The lowest BCUT2D eigenvalue weighted by Gasteiger charge is -2.38. The zero-order valence-corrected chi connectivity index (χ0v) is 19.0. The Morgan fingerprint density at radius 2 is 1.97 bits per heavy atom. The van der Waals surface area contributed by atoms with E-state index in [-0.39, 0.29) is 55.5 Å². The van der Waals surface area contributed by atoms with Gasteiger partial charge in [-0.2, -0.15) is 4.31 Å². The Hall–Kier alpha value is -2.37. The molecule has 1 atom stereocenters. The first-order chi connectivity index (χ1) is 15.1. The zero-order chi connectivity index (χ0) is 23.5. The average molecular weight is 472 g/mol. The van der Waals surface area contributed by atoms with Crippen LogP contribution in [0.4, 0.5) is 8.78 Å². The lowest BCUT2D eigenvalue weighted by Crippen LogP contribution is -2.50. The molecular formula is C21H27F2N3O5S. The number of nitrogens with one attached hydrogen (secondary N) is 1. The molecule has 2 heterocycles. The molecule has 176 valence electrons. The summed E-state index contributed by atoms with van der Waals surface area (Å²) in [5.74, 6) is -2.06.